The van der Waals surface area contributed by atoms with E-state index in [4.69, 9.17) is 4.55 Å². The highest BCUT2D eigenvalue weighted by atomic mass is 32.2. The molecule has 2 aromatic carbocycles. The Kier molecular flexibility index (Phi) is 4.67. The molecular weight excluding hydrogens is 362 g/mol. The second-order valence-corrected chi connectivity index (χ2v) is 8.52. The van der Waals surface area contributed by atoms with Gasteiger partial charge in [0.2, 0.25) is 0 Å². The second kappa shape index (κ2) is 6.99. The molecule has 0 spiro atoms. The van der Waals surface area contributed by atoms with E-state index < -0.39 is 10.1 Å². The third-order valence-corrected chi connectivity index (χ3v) is 6.09. The number of hydrogen-bond donors (Lipinski definition) is 2. The minimum atomic E-state index is -4.02. The largest absolute Gasteiger partial charge is 0.316 e. The molecule has 2 bridgehead atoms. The van der Waals surface area contributed by atoms with E-state index in [1.54, 1.807) is 24.5 Å². The molecule has 2 N–H and O–H groups in total. The number of piperidine rings is 1. The smallest absolute Gasteiger partial charge is 0.294 e. The van der Waals surface area contributed by atoms with Crippen LogP contribution in [-0.2, 0) is 10.1 Å². The van der Waals surface area contributed by atoms with Crippen LogP contribution in [0.15, 0.2) is 53.7 Å². The highest BCUT2D eigenvalue weighted by Crippen LogP contribution is 2.44. The van der Waals surface area contributed by atoms with Gasteiger partial charge in [-0.3, -0.25) is 14.5 Å². The average molecular weight is 383 g/mol. The molecule has 1 aliphatic heterocycles. The lowest BCUT2D eigenvalue weighted by Crippen LogP contribution is -2.28. The van der Waals surface area contributed by atoms with E-state index >= 15 is 0 Å². The zero-order chi connectivity index (χ0) is 19.0. The van der Waals surface area contributed by atoms with E-state index in [9.17, 15) is 8.42 Å². The van der Waals surface area contributed by atoms with Crippen LogP contribution in [0, 0.1) is 6.92 Å². The SMILES string of the molecule is Cc1ccc(S(=O)(=O)O)cc1.c1cnc2cc3c(cc2n1)[C@@H]1CNC[C@H]3C1. The lowest BCUT2D eigenvalue weighted by molar-refractivity contribution is 0.454. The Hall–Kier alpha value is -2.35. The monoisotopic (exact) mass is 383 g/mol. The van der Waals surface area contributed by atoms with Gasteiger partial charge < -0.3 is 5.32 Å². The summed E-state index contributed by atoms with van der Waals surface area (Å²) in [7, 11) is -4.02. The van der Waals surface area contributed by atoms with Crippen molar-refractivity contribution in [1.29, 1.82) is 0 Å². The maximum Gasteiger partial charge on any atom is 0.294 e. The van der Waals surface area contributed by atoms with Gasteiger partial charge in [0.25, 0.3) is 10.1 Å². The summed E-state index contributed by atoms with van der Waals surface area (Å²) in [5.41, 5.74) is 6.03. The Bertz CT molecular complexity index is 1030. The summed E-state index contributed by atoms with van der Waals surface area (Å²) in [4.78, 5) is 8.71. The predicted octanol–water partition coefficient (Wildman–Crippen LogP) is 3.05. The molecule has 140 valence electrons. The van der Waals surface area contributed by atoms with Crippen LogP contribution in [0.2, 0.25) is 0 Å². The maximum absolute atomic E-state index is 10.5. The molecule has 7 heteroatoms. The number of rotatable bonds is 1. The molecule has 3 aromatic rings. The molecule has 0 unspecified atom stereocenters. The van der Waals surface area contributed by atoms with Crippen LogP contribution in [0.25, 0.3) is 11.0 Å². The molecule has 27 heavy (non-hydrogen) atoms. The summed E-state index contributed by atoms with van der Waals surface area (Å²) < 4.78 is 29.6. The first-order valence-corrected chi connectivity index (χ1v) is 10.4. The molecular formula is C20H21N3O3S. The zero-order valence-electron chi connectivity index (χ0n) is 15.0. The summed E-state index contributed by atoms with van der Waals surface area (Å²) in [6.45, 7) is 4.08. The first kappa shape index (κ1) is 18.0. The van der Waals surface area contributed by atoms with Crippen molar-refractivity contribution in [2.75, 3.05) is 13.1 Å². The molecule has 2 atom stereocenters. The Balaban J connectivity index is 0.000000145. The quantitative estimate of drug-likeness (QED) is 0.628. The first-order chi connectivity index (χ1) is 12.9. The van der Waals surface area contributed by atoms with E-state index in [0.29, 0.717) is 11.8 Å². The van der Waals surface area contributed by atoms with E-state index in [-0.39, 0.29) is 4.90 Å². The Morgan fingerprint density at radius 1 is 0.963 bits per heavy atom. The summed E-state index contributed by atoms with van der Waals surface area (Å²) in [5.74, 6) is 1.39. The van der Waals surface area contributed by atoms with Crippen molar-refractivity contribution >= 4 is 21.2 Å². The molecule has 1 saturated heterocycles. The molecule has 6 nitrogen and oxygen atoms in total. The molecule has 0 radical (unpaired) electrons. The third-order valence-electron chi connectivity index (χ3n) is 5.22. The van der Waals surface area contributed by atoms with E-state index in [1.165, 1.54) is 29.7 Å². The van der Waals surface area contributed by atoms with Crippen molar-refractivity contribution < 1.29 is 13.0 Å². The van der Waals surface area contributed by atoms with Gasteiger partial charge in [-0.15, -0.1) is 0 Å². The number of nitrogens with one attached hydrogen (secondary N) is 1. The lowest BCUT2D eigenvalue weighted by Gasteiger charge is -2.19. The van der Waals surface area contributed by atoms with Gasteiger partial charge in [-0.05, 0) is 60.6 Å². The Labute approximate surface area is 158 Å². The molecule has 0 amide bonds. The molecule has 1 aliphatic carbocycles. The van der Waals surface area contributed by atoms with Crippen LogP contribution in [0.5, 0.6) is 0 Å². The van der Waals surface area contributed by atoms with Crippen LogP contribution < -0.4 is 5.32 Å². The summed E-state index contributed by atoms with van der Waals surface area (Å²) in [6, 6.07) is 10.5. The van der Waals surface area contributed by atoms with Crippen molar-refractivity contribution in [3.05, 3.63) is 65.5 Å². The number of aromatic nitrogens is 2. The van der Waals surface area contributed by atoms with Gasteiger partial charge in [-0.1, -0.05) is 17.7 Å². The van der Waals surface area contributed by atoms with Crippen molar-refractivity contribution in [3.8, 4) is 0 Å². The van der Waals surface area contributed by atoms with Crippen LogP contribution >= 0.6 is 0 Å². The number of nitrogens with zero attached hydrogens (tertiary/aromatic N) is 2. The van der Waals surface area contributed by atoms with Gasteiger partial charge >= 0.3 is 0 Å². The minimum absolute atomic E-state index is 0.0666. The van der Waals surface area contributed by atoms with Gasteiger partial charge in [0.15, 0.2) is 0 Å². The lowest BCUT2D eigenvalue weighted by atomic mass is 9.98. The molecule has 1 fully saturated rings. The highest BCUT2D eigenvalue weighted by molar-refractivity contribution is 7.85. The van der Waals surface area contributed by atoms with Gasteiger partial charge in [0.1, 0.15) is 0 Å². The number of benzene rings is 2. The van der Waals surface area contributed by atoms with Crippen molar-refractivity contribution in [3.63, 3.8) is 0 Å². The molecule has 2 aliphatic rings. The van der Waals surface area contributed by atoms with Gasteiger partial charge in [0.05, 0.1) is 15.9 Å². The Morgan fingerprint density at radius 3 is 1.96 bits per heavy atom. The topological polar surface area (TPSA) is 92.2 Å². The highest BCUT2D eigenvalue weighted by Gasteiger charge is 2.34. The molecule has 1 aromatic heterocycles. The van der Waals surface area contributed by atoms with E-state index in [1.807, 2.05) is 6.92 Å². The van der Waals surface area contributed by atoms with Crippen molar-refractivity contribution in [2.24, 2.45) is 0 Å². The average Bonchev–Trinajstić information content (AvgIpc) is 2.90. The molecule has 5 rings (SSSR count). The fourth-order valence-corrected chi connectivity index (χ4v) is 4.36. The minimum Gasteiger partial charge on any atom is -0.316 e. The fraction of sp³-hybridized carbons (Fsp3) is 0.300. The van der Waals surface area contributed by atoms with Crippen LogP contribution in [-0.4, -0.2) is 36.0 Å². The maximum atomic E-state index is 10.5. The van der Waals surface area contributed by atoms with Gasteiger partial charge in [-0.25, -0.2) is 0 Å². The molecule has 0 saturated carbocycles. The third kappa shape index (κ3) is 3.71. The second-order valence-electron chi connectivity index (χ2n) is 7.10. The summed E-state index contributed by atoms with van der Waals surface area (Å²) in [5, 5.41) is 3.51. The van der Waals surface area contributed by atoms with Crippen LogP contribution in [0.3, 0.4) is 0 Å². The van der Waals surface area contributed by atoms with Crippen LogP contribution in [0.4, 0.5) is 0 Å². The zero-order valence-corrected chi connectivity index (χ0v) is 15.8. The van der Waals surface area contributed by atoms with E-state index in [2.05, 4.69) is 27.4 Å². The number of aryl methyl sites for hydroxylation is 1. The van der Waals surface area contributed by atoms with E-state index in [0.717, 1.165) is 29.7 Å². The van der Waals surface area contributed by atoms with Gasteiger partial charge in [-0.2, -0.15) is 8.42 Å². The first-order valence-electron chi connectivity index (χ1n) is 8.91. The number of fused-ring (bicyclic) bond motifs is 6. The number of hydrogen-bond acceptors (Lipinski definition) is 5. The summed E-state index contributed by atoms with van der Waals surface area (Å²) >= 11 is 0. The van der Waals surface area contributed by atoms with Crippen LogP contribution in [0.1, 0.15) is 34.9 Å². The standard InChI is InChI=1S/C13H13N3.C7H8O3S/c1-2-16-13-5-11-9-3-8(6-14-7-9)10(11)4-12(13)15-1;1-6-2-4-7(5-3-6)11(8,9)10/h1-2,4-5,8-9,14H,3,6-7H2;2-5H,1H3,(H,8,9,10)/t8-,9+;. The molecule has 2 heterocycles. The van der Waals surface area contributed by atoms with Crippen molar-refractivity contribution in [1.82, 2.24) is 15.3 Å². The van der Waals surface area contributed by atoms with Crippen molar-refractivity contribution in [2.45, 2.75) is 30.1 Å². The fourth-order valence-electron chi connectivity index (χ4n) is 3.88. The normalized spacial score (nSPS) is 20.7. The summed E-state index contributed by atoms with van der Waals surface area (Å²) in [6.07, 6.45) is 4.85. The Morgan fingerprint density at radius 2 is 1.48 bits per heavy atom. The van der Waals surface area contributed by atoms with Gasteiger partial charge in [0, 0.05) is 25.5 Å². The predicted molar refractivity (Wildman–Crippen MR) is 104 cm³/mol.